The fourth-order valence-electron chi connectivity index (χ4n) is 2.03. The SMILES string of the molecule is CCS(=O)CCn1c(CCCl)nc2c(C)ccnc21. The van der Waals surface area contributed by atoms with Gasteiger partial charge in [0.2, 0.25) is 0 Å². The lowest BCUT2D eigenvalue weighted by Crippen LogP contribution is -2.12. The molecule has 0 saturated heterocycles. The van der Waals surface area contributed by atoms with Gasteiger partial charge in [-0.15, -0.1) is 11.6 Å². The molecule has 1 atom stereocenters. The molecule has 0 amide bonds. The molecular weight excluding hydrogens is 282 g/mol. The molecule has 0 bridgehead atoms. The Balaban J connectivity index is 2.40. The average molecular weight is 300 g/mol. The summed E-state index contributed by atoms with van der Waals surface area (Å²) in [6.07, 6.45) is 2.49. The minimum atomic E-state index is -0.781. The van der Waals surface area contributed by atoms with Crippen LogP contribution in [0.5, 0.6) is 0 Å². The van der Waals surface area contributed by atoms with E-state index in [0.29, 0.717) is 30.4 Å². The Morgan fingerprint density at radius 1 is 1.47 bits per heavy atom. The lowest BCUT2D eigenvalue weighted by atomic mass is 10.3. The van der Waals surface area contributed by atoms with Gasteiger partial charge in [-0.3, -0.25) is 4.21 Å². The predicted octanol–water partition coefficient (Wildman–Crippen LogP) is 2.29. The van der Waals surface area contributed by atoms with Crippen molar-refractivity contribution in [2.24, 2.45) is 0 Å². The van der Waals surface area contributed by atoms with Crippen molar-refractivity contribution in [3.05, 3.63) is 23.7 Å². The van der Waals surface area contributed by atoms with Crippen LogP contribution in [0, 0.1) is 6.92 Å². The van der Waals surface area contributed by atoms with Crippen LogP contribution in [0.2, 0.25) is 0 Å². The second kappa shape index (κ2) is 6.48. The summed E-state index contributed by atoms with van der Waals surface area (Å²) in [5.41, 5.74) is 2.90. The second-order valence-electron chi connectivity index (χ2n) is 4.35. The number of alkyl halides is 1. The minimum absolute atomic E-state index is 0.527. The molecule has 0 aliphatic carbocycles. The number of fused-ring (bicyclic) bond motifs is 1. The summed E-state index contributed by atoms with van der Waals surface area (Å²) < 4.78 is 13.7. The fraction of sp³-hybridized carbons (Fsp3) is 0.538. The third-order valence-corrected chi connectivity index (χ3v) is 4.57. The van der Waals surface area contributed by atoms with E-state index in [4.69, 9.17) is 11.6 Å². The Labute approximate surface area is 120 Å². The molecule has 19 heavy (non-hydrogen) atoms. The van der Waals surface area contributed by atoms with Gasteiger partial charge in [0.15, 0.2) is 5.65 Å². The van der Waals surface area contributed by atoms with Gasteiger partial charge >= 0.3 is 0 Å². The Kier molecular flexibility index (Phi) is 4.93. The van der Waals surface area contributed by atoms with Crippen molar-refractivity contribution in [1.82, 2.24) is 14.5 Å². The summed E-state index contributed by atoms with van der Waals surface area (Å²) in [6, 6.07) is 1.95. The highest BCUT2D eigenvalue weighted by Gasteiger charge is 2.13. The first-order valence-electron chi connectivity index (χ1n) is 6.39. The van der Waals surface area contributed by atoms with E-state index < -0.39 is 10.8 Å². The number of hydrogen-bond donors (Lipinski definition) is 0. The monoisotopic (exact) mass is 299 g/mol. The van der Waals surface area contributed by atoms with E-state index >= 15 is 0 Å². The third-order valence-electron chi connectivity index (χ3n) is 3.10. The van der Waals surface area contributed by atoms with Crippen LogP contribution in [0.3, 0.4) is 0 Å². The number of aromatic nitrogens is 3. The van der Waals surface area contributed by atoms with Crippen molar-refractivity contribution < 1.29 is 4.21 Å². The van der Waals surface area contributed by atoms with Crippen molar-refractivity contribution in [2.45, 2.75) is 26.8 Å². The topological polar surface area (TPSA) is 47.8 Å². The molecule has 0 fully saturated rings. The summed E-state index contributed by atoms with van der Waals surface area (Å²) in [4.78, 5) is 9.03. The average Bonchev–Trinajstić information content (AvgIpc) is 2.76. The van der Waals surface area contributed by atoms with Crippen molar-refractivity contribution in [3.8, 4) is 0 Å². The highest BCUT2D eigenvalue weighted by atomic mass is 35.5. The van der Waals surface area contributed by atoms with Gasteiger partial charge in [-0.1, -0.05) is 6.92 Å². The first kappa shape index (κ1) is 14.5. The van der Waals surface area contributed by atoms with Crippen molar-refractivity contribution in [1.29, 1.82) is 0 Å². The molecule has 2 aromatic heterocycles. The maximum Gasteiger partial charge on any atom is 0.160 e. The van der Waals surface area contributed by atoms with Crippen LogP contribution in [0.1, 0.15) is 18.3 Å². The maximum atomic E-state index is 11.6. The van der Waals surface area contributed by atoms with Crippen molar-refractivity contribution in [2.75, 3.05) is 17.4 Å². The molecule has 0 aliphatic heterocycles. The Hall–Kier alpha value is -0.940. The van der Waals surface area contributed by atoms with E-state index in [1.54, 1.807) is 6.20 Å². The molecule has 1 unspecified atom stereocenters. The van der Waals surface area contributed by atoms with Crippen LogP contribution in [0.4, 0.5) is 0 Å². The van der Waals surface area contributed by atoms with Gasteiger partial charge in [-0.25, -0.2) is 9.97 Å². The summed E-state index contributed by atoms with van der Waals surface area (Å²) in [7, 11) is -0.781. The van der Waals surface area contributed by atoms with Gasteiger partial charge in [-0.05, 0) is 18.6 Å². The molecule has 6 heteroatoms. The van der Waals surface area contributed by atoms with Gasteiger partial charge in [0, 0.05) is 47.3 Å². The van der Waals surface area contributed by atoms with Crippen molar-refractivity contribution >= 4 is 33.6 Å². The number of imidazole rings is 1. The lowest BCUT2D eigenvalue weighted by molar-refractivity contribution is 0.670. The first-order valence-corrected chi connectivity index (χ1v) is 8.41. The van der Waals surface area contributed by atoms with E-state index in [0.717, 1.165) is 22.6 Å². The van der Waals surface area contributed by atoms with Gasteiger partial charge in [0.1, 0.15) is 11.3 Å². The number of hydrogen-bond acceptors (Lipinski definition) is 3. The number of rotatable bonds is 6. The molecule has 2 heterocycles. The Bertz CT molecular complexity index is 597. The molecule has 0 spiro atoms. The molecular formula is C13H18ClN3OS. The van der Waals surface area contributed by atoms with Crippen LogP contribution in [0.15, 0.2) is 12.3 Å². The molecule has 0 saturated carbocycles. The van der Waals surface area contributed by atoms with Crippen LogP contribution in [-0.4, -0.2) is 36.1 Å². The quantitative estimate of drug-likeness (QED) is 0.769. The summed E-state index contributed by atoms with van der Waals surface area (Å²) in [6.45, 7) is 4.64. The zero-order chi connectivity index (χ0) is 13.8. The van der Waals surface area contributed by atoms with Crippen LogP contribution < -0.4 is 0 Å². The summed E-state index contributed by atoms with van der Waals surface area (Å²) in [5, 5.41) is 0. The van der Waals surface area contributed by atoms with Crippen molar-refractivity contribution in [3.63, 3.8) is 0 Å². The molecule has 4 nitrogen and oxygen atoms in total. The van der Waals surface area contributed by atoms with Gasteiger partial charge in [-0.2, -0.15) is 0 Å². The number of nitrogens with zero attached hydrogens (tertiary/aromatic N) is 3. The number of halogens is 1. The Morgan fingerprint density at radius 3 is 2.95 bits per heavy atom. The highest BCUT2D eigenvalue weighted by Crippen LogP contribution is 2.18. The highest BCUT2D eigenvalue weighted by molar-refractivity contribution is 7.84. The normalized spacial score (nSPS) is 13.0. The molecule has 2 rings (SSSR count). The standard InChI is InChI=1S/C13H18ClN3OS/c1-3-19(18)9-8-17-11(4-6-14)16-12-10(2)5-7-15-13(12)17/h5,7H,3-4,6,8-9H2,1-2H3. The predicted molar refractivity (Wildman–Crippen MR) is 80.2 cm³/mol. The van der Waals surface area contributed by atoms with E-state index in [-0.39, 0.29) is 0 Å². The smallest absolute Gasteiger partial charge is 0.160 e. The zero-order valence-corrected chi connectivity index (χ0v) is 12.8. The zero-order valence-electron chi connectivity index (χ0n) is 11.2. The molecule has 104 valence electrons. The molecule has 2 aromatic rings. The first-order chi connectivity index (χ1) is 9.17. The minimum Gasteiger partial charge on any atom is -0.312 e. The van der Waals surface area contributed by atoms with E-state index in [1.807, 2.05) is 19.9 Å². The molecule has 0 radical (unpaired) electrons. The molecule has 0 N–H and O–H groups in total. The van der Waals surface area contributed by atoms with Gasteiger partial charge in [0.25, 0.3) is 0 Å². The van der Waals surface area contributed by atoms with Crippen LogP contribution >= 0.6 is 11.6 Å². The van der Waals surface area contributed by atoms with E-state index in [2.05, 4.69) is 14.5 Å². The second-order valence-corrected chi connectivity index (χ2v) is 6.59. The molecule has 0 aliphatic rings. The number of pyridine rings is 1. The lowest BCUT2D eigenvalue weighted by Gasteiger charge is -2.07. The summed E-state index contributed by atoms with van der Waals surface area (Å²) >= 11 is 5.83. The largest absolute Gasteiger partial charge is 0.312 e. The Morgan fingerprint density at radius 2 is 2.26 bits per heavy atom. The maximum absolute atomic E-state index is 11.6. The van der Waals surface area contributed by atoms with E-state index in [1.165, 1.54) is 0 Å². The summed E-state index contributed by atoms with van der Waals surface area (Å²) in [5.74, 6) is 2.77. The van der Waals surface area contributed by atoms with Gasteiger partial charge in [0.05, 0.1) is 0 Å². The van der Waals surface area contributed by atoms with Crippen LogP contribution in [0.25, 0.3) is 11.2 Å². The van der Waals surface area contributed by atoms with Gasteiger partial charge < -0.3 is 4.57 Å². The van der Waals surface area contributed by atoms with E-state index in [9.17, 15) is 4.21 Å². The molecule has 0 aromatic carbocycles. The third kappa shape index (κ3) is 3.15. The fourth-order valence-corrected chi connectivity index (χ4v) is 2.88. The van der Waals surface area contributed by atoms with Crippen LogP contribution in [-0.2, 0) is 23.8 Å². The number of aryl methyl sites for hydroxylation is 3.